The minimum absolute atomic E-state index is 0.198. The van der Waals surface area contributed by atoms with Gasteiger partial charge in [0.2, 0.25) is 0 Å². The summed E-state index contributed by atoms with van der Waals surface area (Å²) in [7, 11) is 0. The molecular formula is C22H27ClN2O2. The second kappa shape index (κ2) is 8.22. The van der Waals surface area contributed by atoms with Crippen LogP contribution in [0.2, 0.25) is 5.02 Å². The van der Waals surface area contributed by atoms with Crippen LogP contribution < -0.4 is 15.0 Å². The van der Waals surface area contributed by atoms with E-state index < -0.39 is 5.60 Å². The Bertz CT molecular complexity index is 772. The average Bonchev–Trinajstić information content (AvgIpc) is 2.65. The summed E-state index contributed by atoms with van der Waals surface area (Å²) in [6.45, 7) is 6.86. The molecule has 0 aromatic heterocycles. The van der Waals surface area contributed by atoms with E-state index in [1.807, 2.05) is 12.1 Å². The Hall–Kier alpha value is -2.20. The molecule has 3 rings (SSSR count). The molecule has 0 saturated carbocycles. The normalized spacial score (nSPS) is 17.5. The van der Waals surface area contributed by atoms with Crippen molar-refractivity contribution in [3.8, 4) is 5.75 Å². The zero-order valence-corrected chi connectivity index (χ0v) is 16.9. The number of piperidine rings is 1. The number of hydrogen-bond acceptors (Lipinski definition) is 3. The fraction of sp³-hybridized carbons (Fsp3) is 0.409. The van der Waals surface area contributed by atoms with Crippen LogP contribution in [0.1, 0.15) is 40.0 Å². The predicted molar refractivity (Wildman–Crippen MR) is 112 cm³/mol. The number of ether oxygens (including phenoxy) is 1. The van der Waals surface area contributed by atoms with E-state index in [-0.39, 0.29) is 5.91 Å². The Kier molecular flexibility index (Phi) is 5.95. The summed E-state index contributed by atoms with van der Waals surface area (Å²) >= 11 is 5.89. The third-order valence-corrected chi connectivity index (χ3v) is 5.25. The van der Waals surface area contributed by atoms with Crippen LogP contribution in [-0.2, 0) is 4.79 Å². The molecule has 2 aromatic carbocycles. The quantitative estimate of drug-likeness (QED) is 0.736. The van der Waals surface area contributed by atoms with Crippen molar-refractivity contribution in [3.63, 3.8) is 0 Å². The van der Waals surface area contributed by atoms with Crippen molar-refractivity contribution < 1.29 is 9.53 Å². The molecule has 5 heteroatoms. The molecule has 1 heterocycles. The lowest BCUT2D eigenvalue weighted by molar-refractivity contribution is -0.128. The molecule has 144 valence electrons. The smallest absolute Gasteiger partial charge is 0.267 e. The van der Waals surface area contributed by atoms with Gasteiger partial charge in [-0.2, -0.15) is 0 Å². The summed E-state index contributed by atoms with van der Waals surface area (Å²) in [6, 6.07) is 15.6. The highest BCUT2D eigenvalue weighted by molar-refractivity contribution is 6.30. The Morgan fingerprint density at radius 2 is 1.78 bits per heavy atom. The zero-order chi connectivity index (χ0) is 19.4. The number of benzene rings is 2. The van der Waals surface area contributed by atoms with E-state index in [9.17, 15) is 4.79 Å². The summed E-state index contributed by atoms with van der Waals surface area (Å²) in [4.78, 5) is 15.1. The van der Waals surface area contributed by atoms with Gasteiger partial charge >= 0.3 is 0 Å². The first-order valence-electron chi connectivity index (χ1n) is 9.48. The highest BCUT2D eigenvalue weighted by Crippen LogP contribution is 2.27. The predicted octanol–water partition coefficient (Wildman–Crippen LogP) is 5.51. The molecule has 0 aliphatic carbocycles. The number of nitrogens with zero attached hydrogens (tertiary/aromatic N) is 1. The largest absolute Gasteiger partial charge is 0.478 e. The van der Waals surface area contributed by atoms with Crippen molar-refractivity contribution in [2.45, 2.75) is 51.7 Å². The van der Waals surface area contributed by atoms with E-state index in [0.29, 0.717) is 16.8 Å². The fourth-order valence-corrected chi connectivity index (χ4v) is 3.47. The Balaban J connectivity index is 1.63. The van der Waals surface area contributed by atoms with E-state index in [2.05, 4.69) is 29.3 Å². The van der Waals surface area contributed by atoms with E-state index in [1.165, 1.54) is 24.9 Å². The molecule has 2 aromatic rings. The van der Waals surface area contributed by atoms with Gasteiger partial charge in [-0.3, -0.25) is 4.79 Å². The van der Waals surface area contributed by atoms with Gasteiger partial charge in [-0.15, -0.1) is 0 Å². The molecule has 1 aliphatic heterocycles. The first-order valence-corrected chi connectivity index (χ1v) is 9.86. The van der Waals surface area contributed by atoms with E-state index in [1.54, 1.807) is 38.1 Å². The van der Waals surface area contributed by atoms with Crippen molar-refractivity contribution >= 4 is 28.9 Å². The maximum Gasteiger partial charge on any atom is 0.267 e. The van der Waals surface area contributed by atoms with Gasteiger partial charge in [0.05, 0.1) is 0 Å². The standard InChI is InChI=1S/C22H27ClN2O2/c1-16-6-4-5-15-25(16)19-11-9-18(10-12-19)24-21(26)22(2,3)27-20-13-7-17(23)8-14-20/h7-14,16H,4-6,15H2,1-3H3,(H,24,26)/t16-/m0/s1. The number of nitrogens with one attached hydrogen (secondary N) is 1. The monoisotopic (exact) mass is 386 g/mol. The molecule has 0 radical (unpaired) electrons. The SMILES string of the molecule is C[C@H]1CCCCN1c1ccc(NC(=O)C(C)(C)Oc2ccc(Cl)cc2)cc1. The Morgan fingerprint density at radius 1 is 1.11 bits per heavy atom. The highest BCUT2D eigenvalue weighted by atomic mass is 35.5. The second-order valence-electron chi connectivity index (χ2n) is 7.61. The molecule has 0 spiro atoms. The Morgan fingerprint density at radius 3 is 2.41 bits per heavy atom. The zero-order valence-electron chi connectivity index (χ0n) is 16.2. The Labute approximate surface area is 166 Å². The van der Waals surface area contributed by atoms with Gasteiger partial charge in [0.25, 0.3) is 5.91 Å². The molecule has 0 bridgehead atoms. The molecule has 1 amide bonds. The number of anilines is 2. The molecule has 1 N–H and O–H groups in total. The molecule has 4 nitrogen and oxygen atoms in total. The topological polar surface area (TPSA) is 41.6 Å². The minimum atomic E-state index is -1.01. The van der Waals surface area contributed by atoms with Gasteiger partial charge in [0, 0.05) is 29.0 Å². The van der Waals surface area contributed by atoms with Gasteiger partial charge in [0.15, 0.2) is 5.60 Å². The first kappa shape index (κ1) is 19.6. The fourth-order valence-electron chi connectivity index (χ4n) is 3.34. The number of rotatable bonds is 5. The van der Waals surface area contributed by atoms with Gasteiger partial charge in [-0.05, 0) is 88.6 Å². The molecule has 1 fully saturated rings. The average molecular weight is 387 g/mol. The van der Waals surface area contributed by atoms with E-state index in [0.717, 1.165) is 12.2 Å². The third-order valence-electron chi connectivity index (χ3n) is 4.99. The van der Waals surface area contributed by atoms with Crippen LogP contribution in [0.15, 0.2) is 48.5 Å². The molecule has 1 aliphatic rings. The van der Waals surface area contributed by atoms with Crippen molar-refractivity contribution in [2.75, 3.05) is 16.8 Å². The van der Waals surface area contributed by atoms with Gasteiger partial charge in [-0.25, -0.2) is 0 Å². The van der Waals surface area contributed by atoms with Crippen molar-refractivity contribution in [3.05, 3.63) is 53.6 Å². The molecule has 0 unspecified atom stereocenters. The summed E-state index contributed by atoms with van der Waals surface area (Å²) in [5, 5.41) is 3.58. The number of hydrogen-bond donors (Lipinski definition) is 1. The number of amides is 1. The summed E-state index contributed by atoms with van der Waals surface area (Å²) in [6.07, 6.45) is 3.77. The van der Waals surface area contributed by atoms with Crippen LogP contribution in [0, 0.1) is 0 Å². The second-order valence-corrected chi connectivity index (χ2v) is 8.04. The van der Waals surface area contributed by atoms with E-state index >= 15 is 0 Å². The maximum atomic E-state index is 12.7. The van der Waals surface area contributed by atoms with Crippen LogP contribution in [0.25, 0.3) is 0 Å². The summed E-state index contributed by atoms with van der Waals surface area (Å²) in [5.41, 5.74) is 0.964. The minimum Gasteiger partial charge on any atom is -0.478 e. The van der Waals surface area contributed by atoms with Crippen molar-refractivity contribution in [2.24, 2.45) is 0 Å². The summed E-state index contributed by atoms with van der Waals surface area (Å²) < 4.78 is 5.84. The van der Waals surface area contributed by atoms with Crippen LogP contribution in [0.5, 0.6) is 5.75 Å². The lowest BCUT2D eigenvalue weighted by atomic mass is 10.0. The number of halogens is 1. The lowest BCUT2D eigenvalue weighted by Gasteiger charge is -2.35. The molecule has 1 atom stereocenters. The first-order chi connectivity index (χ1) is 12.8. The maximum absolute atomic E-state index is 12.7. The van der Waals surface area contributed by atoms with Crippen molar-refractivity contribution in [1.82, 2.24) is 0 Å². The molecular weight excluding hydrogens is 360 g/mol. The number of carbonyl (C=O) groups excluding carboxylic acids is 1. The molecule has 1 saturated heterocycles. The van der Waals surface area contributed by atoms with Gasteiger partial charge < -0.3 is 15.0 Å². The third kappa shape index (κ3) is 4.95. The highest BCUT2D eigenvalue weighted by Gasteiger charge is 2.30. The molecule has 27 heavy (non-hydrogen) atoms. The van der Waals surface area contributed by atoms with Crippen LogP contribution >= 0.6 is 11.6 Å². The van der Waals surface area contributed by atoms with Gasteiger partial charge in [-0.1, -0.05) is 11.6 Å². The van der Waals surface area contributed by atoms with E-state index in [4.69, 9.17) is 16.3 Å². The van der Waals surface area contributed by atoms with Crippen LogP contribution in [0.3, 0.4) is 0 Å². The van der Waals surface area contributed by atoms with Crippen LogP contribution in [-0.4, -0.2) is 24.1 Å². The van der Waals surface area contributed by atoms with Gasteiger partial charge in [0.1, 0.15) is 5.75 Å². The number of carbonyl (C=O) groups is 1. The lowest BCUT2D eigenvalue weighted by Crippen LogP contribution is -2.42. The van der Waals surface area contributed by atoms with Crippen molar-refractivity contribution in [1.29, 1.82) is 0 Å². The summed E-state index contributed by atoms with van der Waals surface area (Å²) in [5.74, 6) is 0.408. The van der Waals surface area contributed by atoms with Crippen LogP contribution in [0.4, 0.5) is 11.4 Å².